The van der Waals surface area contributed by atoms with Gasteiger partial charge in [-0.25, -0.2) is 13.1 Å². The van der Waals surface area contributed by atoms with E-state index in [1.54, 1.807) is 0 Å². The fraction of sp³-hybridized carbons (Fsp3) is 0.462. The lowest BCUT2D eigenvalue weighted by Gasteiger charge is -2.13. The molecule has 21 heavy (non-hydrogen) atoms. The highest BCUT2D eigenvalue weighted by Crippen LogP contribution is 2.29. The van der Waals surface area contributed by atoms with Crippen molar-refractivity contribution in [3.63, 3.8) is 0 Å². The number of halogens is 1. The van der Waals surface area contributed by atoms with Crippen LogP contribution in [0.2, 0.25) is 5.02 Å². The molecule has 116 valence electrons. The average Bonchev–Trinajstić information content (AvgIpc) is 2.86. The van der Waals surface area contributed by atoms with E-state index in [2.05, 4.69) is 4.72 Å². The molecule has 2 unspecified atom stereocenters. The van der Waals surface area contributed by atoms with Crippen LogP contribution in [0.5, 0.6) is 5.75 Å². The first-order chi connectivity index (χ1) is 9.83. The van der Waals surface area contributed by atoms with E-state index < -0.39 is 21.9 Å². The minimum atomic E-state index is -3.72. The van der Waals surface area contributed by atoms with Gasteiger partial charge in [0, 0.05) is 6.04 Å². The molecule has 1 fully saturated rings. The quantitative estimate of drug-likeness (QED) is 0.858. The minimum Gasteiger partial charge on any atom is -0.495 e. The molecular weight excluding hydrogens is 318 g/mol. The van der Waals surface area contributed by atoms with Gasteiger partial charge >= 0.3 is 5.97 Å². The Labute approximate surface area is 128 Å². The molecule has 2 N–H and O–H groups in total. The highest BCUT2D eigenvalue weighted by molar-refractivity contribution is 7.89. The fourth-order valence-corrected chi connectivity index (χ4v) is 4.05. The molecule has 2 atom stereocenters. The van der Waals surface area contributed by atoms with E-state index >= 15 is 0 Å². The Morgan fingerprint density at radius 2 is 2.14 bits per heavy atom. The number of carbonyl (C=O) groups is 1. The molecule has 1 aromatic rings. The zero-order chi connectivity index (χ0) is 15.6. The van der Waals surface area contributed by atoms with E-state index in [-0.39, 0.29) is 16.0 Å². The molecule has 1 aliphatic carbocycles. The van der Waals surface area contributed by atoms with Gasteiger partial charge in [0.2, 0.25) is 10.0 Å². The Bertz CT molecular complexity index is 646. The summed E-state index contributed by atoms with van der Waals surface area (Å²) in [5, 5.41) is 9.14. The predicted octanol–water partition coefficient (Wildman–Crippen LogP) is 1.88. The second kappa shape index (κ2) is 6.21. The van der Waals surface area contributed by atoms with Crippen molar-refractivity contribution >= 4 is 27.6 Å². The summed E-state index contributed by atoms with van der Waals surface area (Å²) >= 11 is 5.92. The number of benzene rings is 1. The number of ether oxygens (including phenoxy) is 1. The monoisotopic (exact) mass is 333 g/mol. The maximum Gasteiger partial charge on any atom is 0.306 e. The number of carboxylic acid groups (broad SMARTS) is 1. The molecule has 1 aromatic carbocycles. The van der Waals surface area contributed by atoms with Crippen molar-refractivity contribution in [2.24, 2.45) is 5.92 Å². The van der Waals surface area contributed by atoms with Crippen LogP contribution in [0.15, 0.2) is 23.1 Å². The molecule has 0 radical (unpaired) electrons. The summed E-state index contributed by atoms with van der Waals surface area (Å²) in [4.78, 5) is 10.9. The number of nitrogens with one attached hydrogen (secondary N) is 1. The highest BCUT2D eigenvalue weighted by atomic mass is 35.5. The zero-order valence-corrected chi connectivity index (χ0v) is 12.9. The van der Waals surface area contributed by atoms with Crippen molar-refractivity contribution in [2.75, 3.05) is 7.11 Å². The summed E-state index contributed by atoms with van der Waals surface area (Å²) in [7, 11) is -2.28. The Balaban J connectivity index is 2.12. The third kappa shape index (κ3) is 3.66. The largest absolute Gasteiger partial charge is 0.495 e. The number of hydrogen-bond donors (Lipinski definition) is 2. The average molecular weight is 334 g/mol. The third-order valence-corrected chi connectivity index (χ3v) is 5.35. The molecule has 1 aliphatic rings. The van der Waals surface area contributed by atoms with Gasteiger partial charge in [0.05, 0.1) is 22.9 Å². The summed E-state index contributed by atoms with van der Waals surface area (Å²) in [5.74, 6) is -0.983. The second-order valence-electron chi connectivity index (χ2n) is 4.96. The Hall–Kier alpha value is -1.31. The van der Waals surface area contributed by atoms with Crippen molar-refractivity contribution < 1.29 is 23.1 Å². The lowest BCUT2D eigenvalue weighted by molar-refractivity contribution is -0.141. The van der Waals surface area contributed by atoms with Gasteiger partial charge in [-0.05, 0) is 37.5 Å². The molecular formula is C13H16ClNO5S. The van der Waals surface area contributed by atoms with Crippen LogP contribution in [0.3, 0.4) is 0 Å². The summed E-state index contributed by atoms with van der Waals surface area (Å²) in [5.41, 5.74) is 0. The van der Waals surface area contributed by atoms with E-state index in [1.807, 2.05) is 0 Å². The molecule has 8 heteroatoms. The van der Waals surface area contributed by atoms with Gasteiger partial charge in [-0.1, -0.05) is 11.6 Å². The van der Waals surface area contributed by atoms with E-state index in [0.29, 0.717) is 25.0 Å². The van der Waals surface area contributed by atoms with Crippen LogP contribution in [-0.2, 0) is 14.8 Å². The maximum absolute atomic E-state index is 12.3. The SMILES string of the molecule is COc1ccc(S(=O)(=O)NC2CCC(C(=O)O)C2)cc1Cl. The molecule has 0 amide bonds. The number of aliphatic carboxylic acids is 1. The van der Waals surface area contributed by atoms with Crippen LogP contribution in [-0.4, -0.2) is 32.6 Å². The highest BCUT2D eigenvalue weighted by Gasteiger charge is 2.32. The Kier molecular flexibility index (Phi) is 4.75. The Morgan fingerprint density at radius 3 is 2.67 bits per heavy atom. The summed E-state index contributed by atoms with van der Waals surface area (Å²) in [6.45, 7) is 0. The third-order valence-electron chi connectivity index (χ3n) is 3.54. The van der Waals surface area contributed by atoms with Gasteiger partial charge in [0.15, 0.2) is 0 Å². The van der Waals surface area contributed by atoms with Crippen molar-refractivity contribution in [3.05, 3.63) is 23.2 Å². The van der Waals surface area contributed by atoms with Gasteiger partial charge in [0.1, 0.15) is 5.75 Å². The minimum absolute atomic E-state index is 0.0343. The predicted molar refractivity (Wildman–Crippen MR) is 77.1 cm³/mol. The molecule has 0 heterocycles. The number of rotatable bonds is 5. The van der Waals surface area contributed by atoms with E-state index in [1.165, 1.54) is 25.3 Å². The van der Waals surface area contributed by atoms with E-state index in [4.69, 9.17) is 21.4 Å². The number of methoxy groups -OCH3 is 1. The summed E-state index contributed by atoms with van der Waals surface area (Å²) < 4.78 is 32.0. The van der Waals surface area contributed by atoms with Crippen LogP contribution in [0.1, 0.15) is 19.3 Å². The molecule has 0 aliphatic heterocycles. The van der Waals surface area contributed by atoms with Gasteiger partial charge in [-0.2, -0.15) is 0 Å². The lowest BCUT2D eigenvalue weighted by Crippen LogP contribution is -2.33. The van der Waals surface area contributed by atoms with E-state index in [9.17, 15) is 13.2 Å². The second-order valence-corrected chi connectivity index (χ2v) is 7.08. The van der Waals surface area contributed by atoms with Crippen LogP contribution in [0.4, 0.5) is 0 Å². The molecule has 6 nitrogen and oxygen atoms in total. The Morgan fingerprint density at radius 1 is 1.43 bits per heavy atom. The van der Waals surface area contributed by atoms with Crippen LogP contribution < -0.4 is 9.46 Å². The fourth-order valence-electron chi connectivity index (χ4n) is 2.41. The van der Waals surface area contributed by atoms with Crippen molar-refractivity contribution in [2.45, 2.75) is 30.2 Å². The number of sulfonamides is 1. The summed E-state index contributed by atoms with van der Waals surface area (Å²) in [6, 6.07) is 3.83. The molecule has 1 saturated carbocycles. The van der Waals surface area contributed by atoms with Crippen molar-refractivity contribution in [1.82, 2.24) is 4.72 Å². The molecule has 0 bridgehead atoms. The van der Waals surface area contributed by atoms with Gasteiger partial charge < -0.3 is 9.84 Å². The summed E-state index contributed by atoms with van der Waals surface area (Å²) in [6.07, 6.45) is 1.30. The zero-order valence-electron chi connectivity index (χ0n) is 11.4. The smallest absolute Gasteiger partial charge is 0.306 e. The normalized spacial score (nSPS) is 22.2. The molecule has 0 aromatic heterocycles. The topological polar surface area (TPSA) is 92.7 Å². The number of carboxylic acids is 1. The van der Waals surface area contributed by atoms with Crippen molar-refractivity contribution in [3.8, 4) is 5.75 Å². The number of hydrogen-bond acceptors (Lipinski definition) is 4. The van der Waals surface area contributed by atoms with Crippen LogP contribution in [0, 0.1) is 5.92 Å². The first-order valence-electron chi connectivity index (χ1n) is 6.42. The molecule has 0 saturated heterocycles. The van der Waals surface area contributed by atoms with Gasteiger partial charge in [0.25, 0.3) is 0 Å². The standard InChI is InChI=1S/C13H16ClNO5S/c1-20-12-5-4-10(7-11(12)14)21(18,19)15-9-3-2-8(6-9)13(16)17/h4-5,7-9,15H,2-3,6H2,1H3,(H,16,17). The van der Waals surface area contributed by atoms with Gasteiger partial charge in [-0.15, -0.1) is 0 Å². The molecule has 0 spiro atoms. The lowest BCUT2D eigenvalue weighted by atomic mass is 10.1. The van der Waals surface area contributed by atoms with Crippen LogP contribution in [0.25, 0.3) is 0 Å². The molecule has 2 rings (SSSR count). The van der Waals surface area contributed by atoms with E-state index in [0.717, 1.165) is 0 Å². The first-order valence-corrected chi connectivity index (χ1v) is 8.28. The van der Waals surface area contributed by atoms with Crippen LogP contribution >= 0.6 is 11.6 Å². The van der Waals surface area contributed by atoms with Crippen molar-refractivity contribution in [1.29, 1.82) is 0 Å². The van der Waals surface area contributed by atoms with Gasteiger partial charge in [-0.3, -0.25) is 4.79 Å². The maximum atomic E-state index is 12.3. The first kappa shape index (κ1) is 16.1.